The van der Waals surface area contributed by atoms with Crippen molar-refractivity contribution in [2.75, 3.05) is 0 Å². The molecular formula is C12H11NO. The van der Waals surface area contributed by atoms with Crippen LogP contribution < -0.4 is 0 Å². The van der Waals surface area contributed by atoms with E-state index in [1.54, 1.807) is 24.3 Å². The summed E-state index contributed by atoms with van der Waals surface area (Å²) in [6.07, 6.45) is 5.60. The minimum absolute atomic E-state index is 0.533. The van der Waals surface area contributed by atoms with Gasteiger partial charge in [0.15, 0.2) is 0 Å². The molecule has 1 N–H and O–H groups in total. The standard InChI is InChI=1S/C12H11NO/c1-2-3-7-12(14)11-6-4-5-10(8-11)9-13/h1,4-6,8,12,14H,3,7H2. The minimum atomic E-state index is -0.570. The number of aliphatic hydroxyl groups excluding tert-OH is 1. The van der Waals surface area contributed by atoms with E-state index in [0.717, 1.165) is 5.56 Å². The smallest absolute Gasteiger partial charge is 0.0991 e. The Morgan fingerprint density at radius 2 is 2.29 bits per heavy atom. The van der Waals surface area contributed by atoms with E-state index in [9.17, 15) is 5.11 Å². The van der Waals surface area contributed by atoms with Crippen LogP contribution in [0.3, 0.4) is 0 Å². The summed E-state index contributed by atoms with van der Waals surface area (Å²) in [5, 5.41) is 18.3. The van der Waals surface area contributed by atoms with E-state index in [4.69, 9.17) is 11.7 Å². The third-order valence-electron chi connectivity index (χ3n) is 1.96. The molecule has 1 aromatic carbocycles. The zero-order valence-corrected chi connectivity index (χ0v) is 7.77. The summed E-state index contributed by atoms with van der Waals surface area (Å²) in [7, 11) is 0. The first-order valence-electron chi connectivity index (χ1n) is 4.39. The molecular weight excluding hydrogens is 174 g/mol. The van der Waals surface area contributed by atoms with Gasteiger partial charge in [0.1, 0.15) is 0 Å². The third kappa shape index (κ3) is 2.62. The van der Waals surface area contributed by atoms with Gasteiger partial charge in [-0.1, -0.05) is 12.1 Å². The van der Waals surface area contributed by atoms with Gasteiger partial charge in [-0.25, -0.2) is 0 Å². The van der Waals surface area contributed by atoms with Gasteiger partial charge >= 0.3 is 0 Å². The fourth-order valence-corrected chi connectivity index (χ4v) is 1.20. The minimum Gasteiger partial charge on any atom is -0.388 e. The predicted molar refractivity (Wildman–Crippen MR) is 54.2 cm³/mol. The maximum atomic E-state index is 9.67. The summed E-state index contributed by atoms with van der Waals surface area (Å²) in [4.78, 5) is 0. The molecule has 0 saturated carbocycles. The van der Waals surface area contributed by atoms with Gasteiger partial charge in [0.2, 0.25) is 0 Å². The van der Waals surface area contributed by atoms with Crippen molar-refractivity contribution in [2.45, 2.75) is 18.9 Å². The van der Waals surface area contributed by atoms with Gasteiger partial charge in [0.25, 0.3) is 0 Å². The Morgan fingerprint density at radius 3 is 2.93 bits per heavy atom. The average molecular weight is 185 g/mol. The first-order chi connectivity index (χ1) is 6.77. The second-order valence-electron chi connectivity index (χ2n) is 3.00. The largest absolute Gasteiger partial charge is 0.388 e. The number of aliphatic hydroxyl groups is 1. The van der Waals surface area contributed by atoms with E-state index in [1.165, 1.54) is 0 Å². The average Bonchev–Trinajstić information content (AvgIpc) is 2.26. The first-order valence-corrected chi connectivity index (χ1v) is 4.39. The highest BCUT2D eigenvalue weighted by molar-refractivity contribution is 5.33. The third-order valence-corrected chi connectivity index (χ3v) is 1.96. The lowest BCUT2D eigenvalue weighted by atomic mass is 10.0. The molecule has 0 aliphatic carbocycles. The second kappa shape index (κ2) is 5.07. The van der Waals surface area contributed by atoms with E-state index in [-0.39, 0.29) is 0 Å². The molecule has 0 spiro atoms. The van der Waals surface area contributed by atoms with Crippen molar-refractivity contribution in [3.63, 3.8) is 0 Å². The van der Waals surface area contributed by atoms with Crippen LogP contribution in [0.15, 0.2) is 24.3 Å². The summed E-state index contributed by atoms with van der Waals surface area (Å²) in [6, 6.07) is 8.96. The maximum Gasteiger partial charge on any atom is 0.0991 e. The topological polar surface area (TPSA) is 44.0 Å². The lowest BCUT2D eigenvalue weighted by molar-refractivity contribution is 0.169. The normalized spacial score (nSPS) is 11.4. The molecule has 1 rings (SSSR count). The molecule has 0 aliphatic rings. The Labute approximate surface area is 83.8 Å². The predicted octanol–water partition coefficient (Wildman–Crippen LogP) is 2.01. The zero-order chi connectivity index (χ0) is 10.4. The highest BCUT2D eigenvalue weighted by atomic mass is 16.3. The number of hydrogen-bond donors (Lipinski definition) is 1. The van der Waals surface area contributed by atoms with Crippen LogP contribution in [0, 0.1) is 23.7 Å². The van der Waals surface area contributed by atoms with Crippen LogP contribution in [0.2, 0.25) is 0 Å². The van der Waals surface area contributed by atoms with Gasteiger partial charge < -0.3 is 5.11 Å². The molecule has 0 amide bonds. The summed E-state index contributed by atoms with van der Waals surface area (Å²) in [5.41, 5.74) is 1.31. The molecule has 2 heteroatoms. The molecule has 0 heterocycles. The molecule has 0 fully saturated rings. The Hall–Kier alpha value is -1.77. The monoisotopic (exact) mass is 185 g/mol. The van der Waals surface area contributed by atoms with Crippen LogP contribution in [0.4, 0.5) is 0 Å². The lowest BCUT2D eigenvalue weighted by Gasteiger charge is -2.08. The molecule has 0 bridgehead atoms. The molecule has 0 saturated heterocycles. The highest BCUT2D eigenvalue weighted by Crippen LogP contribution is 2.18. The van der Waals surface area contributed by atoms with Gasteiger partial charge in [-0.05, 0) is 24.1 Å². The molecule has 14 heavy (non-hydrogen) atoms. The van der Waals surface area contributed by atoms with Crippen LogP contribution in [-0.2, 0) is 0 Å². The highest BCUT2D eigenvalue weighted by Gasteiger charge is 2.06. The van der Waals surface area contributed by atoms with E-state index >= 15 is 0 Å². The van der Waals surface area contributed by atoms with Crippen molar-refractivity contribution in [1.82, 2.24) is 0 Å². The molecule has 1 atom stereocenters. The summed E-state index contributed by atoms with van der Waals surface area (Å²) in [5.74, 6) is 2.47. The van der Waals surface area contributed by atoms with Gasteiger partial charge in [-0.2, -0.15) is 5.26 Å². The van der Waals surface area contributed by atoms with Crippen molar-refractivity contribution in [2.24, 2.45) is 0 Å². The first kappa shape index (κ1) is 10.3. The SMILES string of the molecule is C#CCCC(O)c1cccc(C#N)c1. The molecule has 2 nitrogen and oxygen atoms in total. The van der Waals surface area contributed by atoms with Gasteiger partial charge in [-0.3, -0.25) is 0 Å². The van der Waals surface area contributed by atoms with Gasteiger partial charge in [0.05, 0.1) is 17.7 Å². The number of rotatable bonds is 3. The molecule has 1 unspecified atom stereocenters. The fourth-order valence-electron chi connectivity index (χ4n) is 1.20. The Balaban J connectivity index is 2.76. The number of hydrogen-bond acceptors (Lipinski definition) is 2. The molecule has 0 aliphatic heterocycles. The van der Waals surface area contributed by atoms with Gasteiger partial charge in [-0.15, -0.1) is 12.3 Å². The molecule has 1 aromatic rings. The number of nitrogens with zero attached hydrogens (tertiary/aromatic N) is 1. The zero-order valence-electron chi connectivity index (χ0n) is 7.77. The van der Waals surface area contributed by atoms with Crippen LogP contribution in [0.1, 0.15) is 30.1 Å². The number of nitriles is 1. The van der Waals surface area contributed by atoms with Crippen molar-refractivity contribution >= 4 is 0 Å². The van der Waals surface area contributed by atoms with Crippen LogP contribution in [-0.4, -0.2) is 5.11 Å². The summed E-state index contributed by atoms with van der Waals surface area (Å²) >= 11 is 0. The van der Waals surface area contributed by atoms with Crippen molar-refractivity contribution in [1.29, 1.82) is 5.26 Å². The van der Waals surface area contributed by atoms with E-state index in [2.05, 4.69) is 5.92 Å². The van der Waals surface area contributed by atoms with Crippen molar-refractivity contribution < 1.29 is 5.11 Å². The molecule has 0 radical (unpaired) electrons. The Morgan fingerprint density at radius 1 is 1.50 bits per heavy atom. The van der Waals surface area contributed by atoms with E-state index in [1.807, 2.05) is 6.07 Å². The molecule has 70 valence electrons. The van der Waals surface area contributed by atoms with Crippen molar-refractivity contribution in [3.05, 3.63) is 35.4 Å². The summed E-state index contributed by atoms with van der Waals surface area (Å²) in [6.45, 7) is 0. The van der Waals surface area contributed by atoms with Crippen LogP contribution in [0.25, 0.3) is 0 Å². The second-order valence-corrected chi connectivity index (χ2v) is 3.00. The quantitative estimate of drug-likeness (QED) is 0.732. The summed E-state index contributed by atoms with van der Waals surface area (Å²) < 4.78 is 0. The Kier molecular flexibility index (Phi) is 3.73. The number of terminal acetylenes is 1. The Bertz CT molecular complexity index is 384. The number of benzene rings is 1. The maximum absolute atomic E-state index is 9.67. The van der Waals surface area contributed by atoms with E-state index < -0.39 is 6.10 Å². The van der Waals surface area contributed by atoms with Crippen molar-refractivity contribution in [3.8, 4) is 18.4 Å². The fraction of sp³-hybridized carbons (Fsp3) is 0.250. The lowest BCUT2D eigenvalue weighted by Crippen LogP contribution is -1.96. The van der Waals surface area contributed by atoms with Crippen LogP contribution >= 0.6 is 0 Å². The van der Waals surface area contributed by atoms with E-state index in [0.29, 0.717) is 18.4 Å². The van der Waals surface area contributed by atoms with Gasteiger partial charge in [0, 0.05) is 6.42 Å². The van der Waals surface area contributed by atoms with Crippen LogP contribution in [0.5, 0.6) is 0 Å². The molecule has 0 aromatic heterocycles.